The normalized spacial score (nSPS) is 17.3. The third kappa shape index (κ3) is 5.66. The Morgan fingerprint density at radius 3 is 2.50 bits per heavy atom. The zero-order valence-corrected chi connectivity index (χ0v) is 20.0. The highest BCUT2D eigenvalue weighted by Gasteiger charge is 2.45. The average molecular weight is 465 g/mol. The van der Waals surface area contributed by atoms with Gasteiger partial charge in [0.25, 0.3) is 11.7 Å². The molecule has 7 heteroatoms. The molecule has 0 aliphatic carbocycles. The predicted molar refractivity (Wildman–Crippen MR) is 132 cm³/mol. The number of hydrogen-bond donors (Lipinski definition) is 1. The van der Waals surface area contributed by atoms with Gasteiger partial charge in [0.2, 0.25) is 0 Å². The Hall–Kier alpha value is -3.58. The molecule has 0 bridgehead atoms. The number of ether oxygens (including phenoxy) is 2. The number of hydrogen-bond acceptors (Lipinski definition) is 6. The Morgan fingerprint density at radius 1 is 1.12 bits per heavy atom. The minimum absolute atomic E-state index is 0.0693. The first-order valence-corrected chi connectivity index (χ1v) is 11.4. The monoisotopic (exact) mass is 464 g/mol. The smallest absolute Gasteiger partial charge is 0.295 e. The number of nitrogens with zero attached hydrogens (tertiary/aromatic N) is 2. The SMILES string of the molecule is C=CCOc1cccc([C@@H]2C(=C(O)c3ccc(OCC)cc3)C(=O)C(=O)N2CCCN(C)C)c1. The summed E-state index contributed by atoms with van der Waals surface area (Å²) in [6, 6.07) is 13.3. The second-order valence-electron chi connectivity index (χ2n) is 8.28. The third-order valence-corrected chi connectivity index (χ3v) is 5.52. The van der Waals surface area contributed by atoms with Crippen molar-refractivity contribution >= 4 is 17.4 Å². The highest BCUT2D eigenvalue weighted by Crippen LogP contribution is 2.40. The molecule has 1 aliphatic heterocycles. The summed E-state index contributed by atoms with van der Waals surface area (Å²) in [6.07, 6.45) is 2.33. The minimum Gasteiger partial charge on any atom is -0.507 e. The summed E-state index contributed by atoms with van der Waals surface area (Å²) < 4.78 is 11.1. The van der Waals surface area contributed by atoms with E-state index in [1.165, 1.54) is 0 Å². The summed E-state index contributed by atoms with van der Waals surface area (Å²) >= 11 is 0. The molecule has 1 heterocycles. The fourth-order valence-electron chi connectivity index (χ4n) is 3.98. The number of likely N-dealkylation sites (tertiary alicyclic amines) is 1. The molecule has 1 N–H and O–H groups in total. The number of carbonyl (C=O) groups is 2. The first-order chi connectivity index (χ1) is 16.4. The van der Waals surface area contributed by atoms with Crippen molar-refractivity contribution in [3.63, 3.8) is 0 Å². The number of carbonyl (C=O) groups excluding carboxylic acids is 2. The Labute approximate surface area is 200 Å². The summed E-state index contributed by atoms with van der Waals surface area (Å²) in [4.78, 5) is 29.8. The van der Waals surface area contributed by atoms with E-state index in [2.05, 4.69) is 6.58 Å². The van der Waals surface area contributed by atoms with Crippen molar-refractivity contribution in [2.45, 2.75) is 19.4 Å². The molecule has 0 unspecified atom stereocenters. The number of benzene rings is 2. The van der Waals surface area contributed by atoms with Crippen LogP contribution in [0.2, 0.25) is 0 Å². The number of ketones is 1. The maximum atomic E-state index is 13.1. The lowest BCUT2D eigenvalue weighted by molar-refractivity contribution is -0.139. The Morgan fingerprint density at radius 2 is 1.85 bits per heavy atom. The molecular formula is C27H32N2O5. The van der Waals surface area contributed by atoms with E-state index in [-0.39, 0.29) is 11.3 Å². The number of Topliss-reactive ketones (excluding diaryl/α,β-unsaturated/α-hetero) is 1. The molecule has 2 aromatic carbocycles. The summed E-state index contributed by atoms with van der Waals surface area (Å²) in [5.41, 5.74) is 1.21. The van der Waals surface area contributed by atoms with E-state index in [0.717, 1.165) is 6.54 Å². The molecule has 0 aromatic heterocycles. The number of amides is 1. The summed E-state index contributed by atoms with van der Waals surface area (Å²) in [6.45, 7) is 7.55. The van der Waals surface area contributed by atoms with E-state index in [1.807, 2.05) is 38.1 Å². The Balaban J connectivity index is 2.06. The van der Waals surface area contributed by atoms with Crippen LogP contribution in [0, 0.1) is 0 Å². The van der Waals surface area contributed by atoms with Crippen LogP contribution in [0.1, 0.15) is 30.5 Å². The van der Waals surface area contributed by atoms with Gasteiger partial charge in [-0.1, -0.05) is 24.8 Å². The van der Waals surface area contributed by atoms with Crippen LogP contribution in [-0.4, -0.2) is 67.0 Å². The zero-order valence-electron chi connectivity index (χ0n) is 20.0. The van der Waals surface area contributed by atoms with Gasteiger partial charge in [0.1, 0.15) is 23.9 Å². The lowest BCUT2D eigenvalue weighted by Gasteiger charge is -2.26. The van der Waals surface area contributed by atoms with E-state index in [0.29, 0.717) is 48.8 Å². The van der Waals surface area contributed by atoms with Crippen molar-refractivity contribution in [2.24, 2.45) is 0 Å². The van der Waals surface area contributed by atoms with Gasteiger partial charge in [0, 0.05) is 12.1 Å². The molecule has 0 spiro atoms. The largest absolute Gasteiger partial charge is 0.507 e. The Bertz CT molecular complexity index is 1060. The molecular weight excluding hydrogens is 432 g/mol. The van der Waals surface area contributed by atoms with Gasteiger partial charge in [-0.05, 0) is 75.9 Å². The maximum Gasteiger partial charge on any atom is 0.295 e. The fraction of sp³-hybridized carbons (Fsp3) is 0.333. The number of aliphatic hydroxyl groups excluding tert-OH is 1. The van der Waals surface area contributed by atoms with Crippen LogP contribution in [0.5, 0.6) is 11.5 Å². The first kappa shape index (κ1) is 25.1. The van der Waals surface area contributed by atoms with Crippen molar-refractivity contribution in [1.82, 2.24) is 9.80 Å². The summed E-state index contributed by atoms with van der Waals surface area (Å²) in [7, 11) is 3.91. The van der Waals surface area contributed by atoms with Crippen LogP contribution in [-0.2, 0) is 9.59 Å². The van der Waals surface area contributed by atoms with E-state index in [1.54, 1.807) is 47.4 Å². The van der Waals surface area contributed by atoms with Gasteiger partial charge in [0.15, 0.2) is 0 Å². The fourth-order valence-corrected chi connectivity index (χ4v) is 3.98. The van der Waals surface area contributed by atoms with Crippen LogP contribution in [0.4, 0.5) is 0 Å². The van der Waals surface area contributed by atoms with Crippen LogP contribution in [0.3, 0.4) is 0 Å². The maximum absolute atomic E-state index is 13.1. The molecule has 180 valence electrons. The van der Waals surface area contributed by atoms with Crippen molar-refractivity contribution in [2.75, 3.05) is 40.4 Å². The minimum atomic E-state index is -0.721. The van der Waals surface area contributed by atoms with Crippen molar-refractivity contribution in [3.8, 4) is 11.5 Å². The van der Waals surface area contributed by atoms with E-state index < -0.39 is 17.7 Å². The van der Waals surface area contributed by atoms with Crippen LogP contribution < -0.4 is 9.47 Å². The quantitative estimate of drug-likeness (QED) is 0.234. The van der Waals surface area contributed by atoms with Crippen LogP contribution in [0.15, 0.2) is 66.8 Å². The topological polar surface area (TPSA) is 79.3 Å². The highest BCUT2D eigenvalue weighted by atomic mass is 16.5. The van der Waals surface area contributed by atoms with Crippen molar-refractivity contribution < 1.29 is 24.2 Å². The lowest BCUT2D eigenvalue weighted by atomic mass is 9.95. The van der Waals surface area contributed by atoms with Gasteiger partial charge in [-0.15, -0.1) is 0 Å². The van der Waals surface area contributed by atoms with Gasteiger partial charge in [-0.25, -0.2) is 0 Å². The lowest BCUT2D eigenvalue weighted by Crippen LogP contribution is -2.32. The van der Waals surface area contributed by atoms with E-state index >= 15 is 0 Å². The second-order valence-corrected chi connectivity index (χ2v) is 8.28. The molecule has 1 amide bonds. The van der Waals surface area contributed by atoms with Gasteiger partial charge < -0.3 is 24.4 Å². The van der Waals surface area contributed by atoms with Gasteiger partial charge in [-0.3, -0.25) is 9.59 Å². The molecule has 3 rings (SSSR count). The number of aliphatic hydroxyl groups is 1. The summed E-state index contributed by atoms with van der Waals surface area (Å²) in [5, 5.41) is 11.2. The highest BCUT2D eigenvalue weighted by molar-refractivity contribution is 6.46. The van der Waals surface area contributed by atoms with Crippen LogP contribution in [0.25, 0.3) is 5.76 Å². The van der Waals surface area contributed by atoms with Gasteiger partial charge in [0.05, 0.1) is 18.2 Å². The molecule has 1 fully saturated rings. The Kier molecular flexibility index (Phi) is 8.49. The van der Waals surface area contributed by atoms with Crippen molar-refractivity contribution in [1.29, 1.82) is 0 Å². The predicted octanol–water partition coefficient (Wildman–Crippen LogP) is 4.02. The third-order valence-electron chi connectivity index (χ3n) is 5.52. The van der Waals surface area contributed by atoms with E-state index in [9.17, 15) is 14.7 Å². The second kappa shape index (κ2) is 11.5. The van der Waals surface area contributed by atoms with Gasteiger partial charge in [-0.2, -0.15) is 0 Å². The zero-order chi connectivity index (χ0) is 24.7. The summed E-state index contributed by atoms with van der Waals surface area (Å²) in [5.74, 6) is -0.268. The first-order valence-electron chi connectivity index (χ1n) is 11.4. The standard InChI is InChI=1S/C27H32N2O5/c1-5-17-34-22-10-7-9-20(18-22)24-23(25(30)19-11-13-21(14-12-19)33-6-2)26(31)27(32)29(24)16-8-15-28(3)4/h5,7,9-14,18,24,30H,1,6,8,15-17H2,2-4H3/t24-/m1/s1. The van der Waals surface area contributed by atoms with Crippen LogP contribution >= 0.6 is 0 Å². The van der Waals surface area contributed by atoms with Crippen molar-refractivity contribution in [3.05, 3.63) is 77.9 Å². The molecule has 0 saturated carbocycles. The number of rotatable bonds is 11. The molecule has 7 nitrogen and oxygen atoms in total. The molecule has 1 aliphatic rings. The molecule has 1 atom stereocenters. The van der Waals surface area contributed by atoms with E-state index in [4.69, 9.17) is 9.47 Å². The molecule has 1 saturated heterocycles. The molecule has 0 radical (unpaired) electrons. The van der Waals surface area contributed by atoms with Gasteiger partial charge >= 0.3 is 0 Å². The molecule has 2 aromatic rings. The molecule has 34 heavy (non-hydrogen) atoms. The average Bonchev–Trinajstić information content (AvgIpc) is 3.08.